The summed E-state index contributed by atoms with van der Waals surface area (Å²) in [5, 5.41) is 12.6. The average molecular weight is 378 g/mol. The van der Waals surface area contributed by atoms with Gasteiger partial charge in [0.05, 0.1) is 5.92 Å². The second-order valence-corrected chi connectivity index (χ2v) is 7.47. The standard InChI is InChI=1S/C26H18O3/c27-26(19-11-3-7-15-23(19)29-24-16-8-4-12-20(24)26)25-17-9-1-5-13-21(17)28-22-14-6-2-10-18(22)25/h1-16,25,27H. The molecule has 0 spiro atoms. The Morgan fingerprint density at radius 1 is 0.517 bits per heavy atom. The molecule has 3 heteroatoms. The van der Waals surface area contributed by atoms with E-state index in [1.807, 2.05) is 97.1 Å². The molecule has 2 heterocycles. The van der Waals surface area contributed by atoms with E-state index in [0.29, 0.717) is 11.5 Å². The molecule has 0 saturated carbocycles. The van der Waals surface area contributed by atoms with Gasteiger partial charge in [-0.2, -0.15) is 0 Å². The third-order valence-corrected chi connectivity index (χ3v) is 5.91. The molecule has 0 radical (unpaired) electrons. The Morgan fingerprint density at radius 2 is 0.897 bits per heavy atom. The van der Waals surface area contributed by atoms with Crippen molar-refractivity contribution in [3.05, 3.63) is 119 Å². The minimum absolute atomic E-state index is 0.338. The largest absolute Gasteiger partial charge is 0.457 e. The lowest BCUT2D eigenvalue weighted by Crippen LogP contribution is -2.39. The Labute approximate surface area is 168 Å². The van der Waals surface area contributed by atoms with E-state index in [0.717, 1.165) is 33.8 Å². The molecule has 0 atom stereocenters. The Balaban J connectivity index is 1.71. The third kappa shape index (κ3) is 2.22. The van der Waals surface area contributed by atoms with Crippen molar-refractivity contribution in [3.8, 4) is 23.0 Å². The zero-order valence-corrected chi connectivity index (χ0v) is 15.6. The summed E-state index contributed by atoms with van der Waals surface area (Å²) in [6.45, 7) is 0. The number of benzene rings is 4. The molecule has 2 aliphatic rings. The first-order chi connectivity index (χ1) is 14.3. The second kappa shape index (κ2) is 5.97. The minimum Gasteiger partial charge on any atom is -0.457 e. The van der Waals surface area contributed by atoms with E-state index in [4.69, 9.17) is 9.47 Å². The van der Waals surface area contributed by atoms with Gasteiger partial charge in [-0.3, -0.25) is 0 Å². The highest BCUT2D eigenvalue weighted by Gasteiger charge is 2.50. The summed E-state index contributed by atoms with van der Waals surface area (Å²) in [5.74, 6) is 2.55. The van der Waals surface area contributed by atoms with Crippen LogP contribution in [0.4, 0.5) is 0 Å². The van der Waals surface area contributed by atoms with Crippen molar-refractivity contribution in [1.82, 2.24) is 0 Å². The fourth-order valence-electron chi connectivity index (χ4n) is 4.68. The maximum Gasteiger partial charge on any atom is 0.133 e. The Bertz CT molecular complexity index is 1150. The second-order valence-electron chi connectivity index (χ2n) is 7.47. The van der Waals surface area contributed by atoms with E-state index >= 15 is 0 Å². The molecule has 2 aliphatic heterocycles. The third-order valence-electron chi connectivity index (χ3n) is 5.91. The molecule has 4 aromatic rings. The molecule has 0 aliphatic carbocycles. The summed E-state index contributed by atoms with van der Waals surface area (Å²) in [4.78, 5) is 0. The molecule has 0 aromatic heterocycles. The maximum absolute atomic E-state index is 12.6. The first-order valence-electron chi connectivity index (χ1n) is 9.72. The van der Waals surface area contributed by atoms with Crippen LogP contribution in [0.3, 0.4) is 0 Å². The van der Waals surface area contributed by atoms with E-state index in [2.05, 4.69) is 0 Å². The number of hydrogen-bond donors (Lipinski definition) is 1. The number of para-hydroxylation sites is 4. The van der Waals surface area contributed by atoms with Crippen LogP contribution in [-0.4, -0.2) is 5.11 Å². The van der Waals surface area contributed by atoms with E-state index < -0.39 is 5.60 Å². The summed E-state index contributed by atoms with van der Waals surface area (Å²) >= 11 is 0. The highest BCUT2D eigenvalue weighted by Crippen LogP contribution is 2.59. The van der Waals surface area contributed by atoms with Crippen LogP contribution in [0.5, 0.6) is 23.0 Å². The van der Waals surface area contributed by atoms with Crippen molar-refractivity contribution >= 4 is 0 Å². The van der Waals surface area contributed by atoms with Crippen LogP contribution in [-0.2, 0) is 5.60 Å². The quantitative estimate of drug-likeness (QED) is 0.444. The van der Waals surface area contributed by atoms with Crippen molar-refractivity contribution < 1.29 is 14.6 Å². The van der Waals surface area contributed by atoms with Gasteiger partial charge in [-0.1, -0.05) is 72.8 Å². The summed E-state index contributed by atoms with van der Waals surface area (Å²) in [5.41, 5.74) is 2.13. The lowest BCUT2D eigenvalue weighted by atomic mass is 9.67. The van der Waals surface area contributed by atoms with Crippen LogP contribution in [0.2, 0.25) is 0 Å². The molecule has 29 heavy (non-hydrogen) atoms. The Hall–Kier alpha value is -3.56. The van der Waals surface area contributed by atoms with E-state index in [1.165, 1.54) is 0 Å². The van der Waals surface area contributed by atoms with Gasteiger partial charge in [0.15, 0.2) is 0 Å². The topological polar surface area (TPSA) is 38.7 Å². The average Bonchev–Trinajstić information content (AvgIpc) is 2.77. The highest BCUT2D eigenvalue weighted by molar-refractivity contribution is 5.64. The number of hydrogen-bond acceptors (Lipinski definition) is 3. The van der Waals surface area contributed by atoms with Crippen molar-refractivity contribution in [2.24, 2.45) is 0 Å². The highest BCUT2D eigenvalue weighted by atomic mass is 16.5. The summed E-state index contributed by atoms with van der Waals surface area (Å²) in [7, 11) is 0. The number of aliphatic hydroxyl groups is 1. The zero-order valence-electron chi connectivity index (χ0n) is 15.6. The molecule has 6 rings (SSSR count). The minimum atomic E-state index is -1.30. The number of rotatable bonds is 1. The van der Waals surface area contributed by atoms with Crippen LogP contribution in [0.15, 0.2) is 97.1 Å². The molecule has 140 valence electrons. The van der Waals surface area contributed by atoms with E-state index in [-0.39, 0.29) is 5.92 Å². The van der Waals surface area contributed by atoms with Crippen LogP contribution in [0, 0.1) is 0 Å². The molecule has 1 N–H and O–H groups in total. The van der Waals surface area contributed by atoms with Crippen molar-refractivity contribution in [3.63, 3.8) is 0 Å². The molecule has 0 bridgehead atoms. The lowest BCUT2D eigenvalue weighted by Gasteiger charge is -2.44. The number of fused-ring (bicyclic) bond motifs is 4. The molecular weight excluding hydrogens is 360 g/mol. The monoisotopic (exact) mass is 378 g/mol. The molecule has 0 saturated heterocycles. The smallest absolute Gasteiger partial charge is 0.133 e. The summed E-state index contributed by atoms with van der Waals surface area (Å²) in [6, 6.07) is 31.3. The van der Waals surface area contributed by atoms with Crippen LogP contribution in [0.1, 0.15) is 28.2 Å². The summed E-state index contributed by atoms with van der Waals surface area (Å²) < 4.78 is 12.3. The first-order valence-corrected chi connectivity index (χ1v) is 9.72. The predicted molar refractivity (Wildman–Crippen MR) is 111 cm³/mol. The van der Waals surface area contributed by atoms with E-state index in [9.17, 15) is 5.11 Å². The fraction of sp³-hybridized carbons (Fsp3) is 0.0769. The number of ether oxygens (including phenoxy) is 2. The Kier molecular flexibility index (Phi) is 3.37. The van der Waals surface area contributed by atoms with Gasteiger partial charge in [0, 0.05) is 22.3 Å². The predicted octanol–water partition coefficient (Wildman–Crippen LogP) is 5.97. The zero-order chi connectivity index (χ0) is 19.4. The molecule has 0 unspecified atom stereocenters. The normalized spacial score (nSPS) is 15.8. The van der Waals surface area contributed by atoms with Gasteiger partial charge >= 0.3 is 0 Å². The lowest BCUT2D eigenvalue weighted by molar-refractivity contribution is 0.0491. The van der Waals surface area contributed by atoms with Gasteiger partial charge in [-0.25, -0.2) is 0 Å². The molecule has 4 aromatic carbocycles. The van der Waals surface area contributed by atoms with Gasteiger partial charge in [-0.15, -0.1) is 0 Å². The van der Waals surface area contributed by atoms with Gasteiger partial charge in [0.1, 0.15) is 28.6 Å². The molecule has 0 amide bonds. The summed E-state index contributed by atoms with van der Waals surface area (Å²) in [6.07, 6.45) is 0. The van der Waals surface area contributed by atoms with Gasteiger partial charge in [0.2, 0.25) is 0 Å². The fourth-order valence-corrected chi connectivity index (χ4v) is 4.68. The van der Waals surface area contributed by atoms with Crippen molar-refractivity contribution in [2.45, 2.75) is 11.5 Å². The Morgan fingerprint density at radius 3 is 1.41 bits per heavy atom. The molecular formula is C26H18O3. The van der Waals surface area contributed by atoms with Gasteiger partial charge in [0.25, 0.3) is 0 Å². The first kappa shape index (κ1) is 16.4. The van der Waals surface area contributed by atoms with Gasteiger partial charge < -0.3 is 14.6 Å². The van der Waals surface area contributed by atoms with E-state index in [1.54, 1.807) is 0 Å². The van der Waals surface area contributed by atoms with Crippen LogP contribution in [0.25, 0.3) is 0 Å². The van der Waals surface area contributed by atoms with Crippen molar-refractivity contribution in [1.29, 1.82) is 0 Å². The SMILES string of the molecule is OC1(C2c3ccccc3Oc3ccccc32)c2ccccc2Oc2ccccc21. The van der Waals surface area contributed by atoms with Gasteiger partial charge in [-0.05, 0) is 24.3 Å². The maximum atomic E-state index is 12.6. The molecule has 3 nitrogen and oxygen atoms in total. The van der Waals surface area contributed by atoms with Crippen LogP contribution < -0.4 is 9.47 Å². The van der Waals surface area contributed by atoms with Crippen molar-refractivity contribution in [2.75, 3.05) is 0 Å². The molecule has 0 fully saturated rings. The van der Waals surface area contributed by atoms with Crippen LogP contribution >= 0.6 is 0 Å².